The van der Waals surface area contributed by atoms with Gasteiger partial charge < -0.3 is 10.1 Å². The summed E-state index contributed by atoms with van der Waals surface area (Å²) in [7, 11) is 0. The van der Waals surface area contributed by atoms with Gasteiger partial charge in [0.2, 0.25) is 5.91 Å². The first-order chi connectivity index (χ1) is 16.6. The third kappa shape index (κ3) is 5.08. The number of nitrogens with zero attached hydrogens (tertiary/aromatic N) is 4. The first-order valence-electron chi connectivity index (χ1n) is 10.6. The fourth-order valence-corrected chi connectivity index (χ4v) is 3.75. The van der Waals surface area contributed by atoms with Gasteiger partial charge in [-0.15, -0.1) is 0 Å². The lowest BCUT2D eigenvalue weighted by atomic mass is 10.1. The molecule has 0 atom stereocenters. The lowest BCUT2D eigenvalue weighted by Gasteiger charge is -2.11. The number of aromatic nitrogens is 3. The van der Waals surface area contributed by atoms with Crippen LogP contribution in [0.4, 0.5) is 20.2 Å². The number of para-hydroxylation sites is 1. The Hall–Kier alpha value is -4.41. The third-order valence-electron chi connectivity index (χ3n) is 5.27. The predicted molar refractivity (Wildman–Crippen MR) is 125 cm³/mol. The van der Waals surface area contributed by atoms with Crippen LogP contribution in [0.2, 0.25) is 0 Å². The molecule has 0 saturated heterocycles. The standard InChI is InChI=1S/C24H21F2N5O4/c1-13-6-4-5-7-20(13)35-18-10-16(9-17(11-18)31(33)34)28-21(32)12-30-24-22(15(3)29-30)19(23(25)26)8-14(2)27-24/h4-11,23H,12H2,1-3H3,(H,28,32). The number of fused-ring (bicyclic) bond motifs is 1. The van der Waals surface area contributed by atoms with Crippen molar-refractivity contribution in [3.8, 4) is 11.5 Å². The van der Waals surface area contributed by atoms with Crippen molar-refractivity contribution in [2.75, 3.05) is 5.32 Å². The fourth-order valence-electron chi connectivity index (χ4n) is 3.75. The van der Waals surface area contributed by atoms with Gasteiger partial charge in [0, 0.05) is 23.4 Å². The van der Waals surface area contributed by atoms with Crippen LogP contribution in [0.25, 0.3) is 11.0 Å². The summed E-state index contributed by atoms with van der Waals surface area (Å²) in [5.74, 6) is 0.113. The quantitative estimate of drug-likeness (QED) is 0.270. The van der Waals surface area contributed by atoms with Gasteiger partial charge in [-0.1, -0.05) is 18.2 Å². The molecule has 35 heavy (non-hydrogen) atoms. The minimum absolute atomic E-state index is 0.137. The van der Waals surface area contributed by atoms with E-state index in [-0.39, 0.29) is 40.3 Å². The lowest BCUT2D eigenvalue weighted by molar-refractivity contribution is -0.384. The van der Waals surface area contributed by atoms with Crippen LogP contribution in [-0.4, -0.2) is 25.6 Å². The Morgan fingerprint density at radius 2 is 1.91 bits per heavy atom. The maximum absolute atomic E-state index is 13.5. The molecule has 0 aliphatic rings. The molecule has 0 fully saturated rings. The maximum Gasteiger partial charge on any atom is 0.275 e. The second-order valence-electron chi connectivity index (χ2n) is 7.98. The van der Waals surface area contributed by atoms with Crippen LogP contribution in [-0.2, 0) is 11.3 Å². The van der Waals surface area contributed by atoms with E-state index in [1.807, 2.05) is 19.1 Å². The van der Waals surface area contributed by atoms with Gasteiger partial charge in [-0.05, 0) is 38.5 Å². The van der Waals surface area contributed by atoms with Crippen molar-refractivity contribution in [1.29, 1.82) is 0 Å². The molecule has 0 unspecified atom stereocenters. The molecular formula is C24H21F2N5O4. The summed E-state index contributed by atoms with van der Waals surface area (Å²) in [6.07, 6.45) is -2.72. The molecule has 0 aliphatic heterocycles. The summed E-state index contributed by atoms with van der Waals surface area (Å²) >= 11 is 0. The van der Waals surface area contributed by atoms with Gasteiger partial charge in [0.1, 0.15) is 18.0 Å². The van der Waals surface area contributed by atoms with Gasteiger partial charge in [-0.3, -0.25) is 14.9 Å². The van der Waals surface area contributed by atoms with Crippen LogP contribution in [0.15, 0.2) is 48.5 Å². The topological polar surface area (TPSA) is 112 Å². The Balaban J connectivity index is 1.62. The Kier molecular flexibility index (Phi) is 6.41. The molecule has 4 aromatic rings. The average Bonchev–Trinajstić information content (AvgIpc) is 3.09. The van der Waals surface area contributed by atoms with E-state index >= 15 is 0 Å². The van der Waals surface area contributed by atoms with Gasteiger partial charge >= 0.3 is 0 Å². The zero-order valence-electron chi connectivity index (χ0n) is 19.1. The molecule has 0 spiro atoms. The molecule has 1 N–H and O–H groups in total. The summed E-state index contributed by atoms with van der Waals surface area (Å²) < 4.78 is 34.1. The zero-order valence-corrected chi connectivity index (χ0v) is 19.1. The normalized spacial score (nSPS) is 11.1. The number of benzene rings is 2. The molecule has 2 aromatic carbocycles. The number of nitrogens with one attached hydrogen (secondary N) is 1. The number of aryl methyl sites for hydroxylation is 3. The molecule has 0 radical (unpaired) electrons. The number of amides is 1. The Morgan fingerprint density at radius 1 is 1.17 bits per heavy atom. The second kappa shape index (κ2) is 9.45. The monoisotopic (exact) mass is 481 g/mol. The molecule has 2 aromatic heterocycles. The largest absolute Gasteiger partial charge is 0.457 e. The summed E-state index contributed by atoms with van der Waals surface area (Å²) in [5, 5.41) is 18.4. The molecule has 180 valence electrons. The number of nitro benzene ring substituents is 1. The molecule has 0 bridgehead atoms. The van der Waals surface area contributed by atoms with Gasteiger partial charge in [-0.2, -0.15) is 5.10 Å². The zero-order chi connectivity index (χ0) is 25.3. The summed E-state index contributed by atoms with van der Waals surface area (Å²) in [4.78, 5) is 27.9. The number of carbonyl (C=O) groups is 1. The van der Waals surface area contributed by atoms with Crippen molar-refractivity contribution in [3.63, 3.8) is 0 Å². The smallest absolute Gasteiger partial charge is 0.275 e. The van der Waals surface area contributed by atoms with Crippen molar-refractivity contribution < 1.29 is 23.2 Å². The molecular weight excluding hydrogens is 460 g/mol. The maximum atomic E-state index is 13.5. The Bertz CT molecular complexity index is 1450. The highest BCUT2D eigenvalue weighted by Crippen LogP contribution is 2.32. The van der Waals surface area contributed by atoms with E-state index in [1.54, 1.807) is 26.0 Å². The highest BCUT2D eigenvalue weighted by atomic mass is 19.3. The van der Waals surface area contributed by atoms with Crippen LogP contribution in [0, 0.1) is 30.9 Å². The lowest BCUT2D eigenvalue weighted by Crippen LogP contribution is -2.20. The molecule has 11 heteroatoms. The number of alkyl halides is 2. The van der Waals surface area contributed by atoms with E-state index in [1.165, 1.54) is 28.9 Å². The number of hydrogen-bond donors (Lipinski definition) is 1. The number of hydrogen-bond acceptors (Lipinski definition) is 6. The van der Waals surface area contributed by atoms with Crippen LogP contribution in [0.5, 0.6) is 11.5 Å². The Labute approximate surface area is 198 Å². The summed E-state index contributed by atoms with van der Waals surface area (Å²) in [6.45, 7) is 4.65. The molecule has 4 rings (SSSR count). The number of ether oxygens (including phenoxy) is 1. The van der Waals surface area contributed by atoms with Crippen LogP contribution in [0.1, 0.15) is 28.9 Å². The fraction of sp³-hybridized carbons (Fsp3) is 0.208. The van der Waals surface area contributed by atoms with Gasteiger partial charge in [0.05, 0.1) is 27.8 Å². The summed E-state index contributed by atoms with van der Waals surface area (Å²) in [6, 6.07) is 12.4. The van der Waals surface area contributed by atoms with E-state index in [0.29, 0.717) is 17.1 Å². The molecule has 0 aliphatic carbocycles. The highest BCUT2D eigenvalue weighted by molar-refractivity contribution is 5.92. The van der Waals surface area contributed by atoms with Crippen molar-refractivity contribution in [2.45, 2.75) is 33.7 Å². The van der Waals surface area contributed by atoms with Gasteiger partial charge in [0.15, 0.2) is 5.65 Å². The predicted octanol–water partition coefficient (Wildman–Crippen LogP) is 5.63. The molecule has 9 nitrogen and oxygen atoms in total. The molecule has 1 amide bonds. The van der Waals surface area contributed by atoms with E-state index in [0.717, 1.165) is 5.56 Å². The van der Waals surface area contributed by atoms with Crippen molar-refractivity contribution >= 4 is 28.3 Å². The van der Waals surface area contributed by atoms with E-state index in [9.17, 15) is 23.7 Å². The number of non-ortho nitro benzene ring substituents is 1. The van der Waals surface area contributed by atoms with E-state index in [4.69, 9.17) is 4.74 Å². The van der Waals surface area contributed by atoms with Crippen LogP contribution in [0.3, 0.4) is 0 Å². The number of anilines is 1. The minimum atomic E-state index is -2.72. The van der Waals surface area contributed by atoms with Gasteiger partial charge in [-0.25, -0.2) is 18.4 Å². The average molecular weight is 481 g/mol. The van der Waals surface area contributed by atoms with Crippen LogP contribution >= 0.6 is 0 Å². The number of nitro groups is 1. The number of pyridine rings is 1. The number of carbonyl (C=O) groups excluding carboxylic acids is 1. The van der Waals surface area contributed by atoms with Crippen LogP contribution < -0.4 is 10.1 Å². The molecule has 0 saturated carbocycles. The molecule has 2 heterocycles. The third-order valence-corrected chi connectivity index (χ3v) is 5.27. The summed E-state index contributed by atoms with van der Waals surface area (Å²) in [5.41, 5.74) is 1.34. The first-order valence-corrected chi connectivity index (χ1v) is 10.6. The van der Waals surface area contributed by atoms with Crippen molar-refractivity contribution in [3.05, 3.63) is 81.2 Å². The van der Waals surface area contributed by atoms with Crippen molar-refractivity contribution in [2.24, 2.45) is 0 Å². The van der Waals surface area contributed by atoms with E-state index in [2.05, 4.69) is 15.4 Å². The SMILES string of the molecule is Cc1cc(C(F)F)c2c(C)nn(CC(=O)Nc3cc(Oc4ccccc4C)cc([N+](=O)[O-])c3)c2n1. The van der Waals surface area contributed by atoms with Gasteiger partial charge in [0.25, 0.3) is 12.1 Å². The van der Waals surface area contributed by atoms with Crippen molar-refractivity contribution in [1.82, 2.24) is 14.8 Å². The number of halogens is 2. The first kappa shape index (κ1) is 23.7. The van der Waals surface area contributed by atoms with E-state index < -0.39 is 17.3 Å². The number of rotatable bonds is 7. The Morgan fingerprint density at radius 3 is 2.60 bits per heavy atom. The second-order valence-corrected chi connectivity index (χ2v) is 7.98. The minimum Gasteiger partial charge on any atom is -0.457 e. The highest BCUT2D eigenvalue weighted by Gasteiger charge is 2.21.